The monoisotopic (exact) mass is 310 g/mol. The van der Waals surface area contributed by atoms with E-state index in [1.165, 1.54) is 0 Å². The van der Waals surface area contributed by atoms with Crippen LogP contribution in [0.2, 0.25) is 0 Å². The summed E-state index contributed by atoms with van der Waals surface area (Å²) < 4.78 is 6.53. The molecule has 18 heavy (non-hydrogen) atoms. The molecule has 0 spiro atoms. The largest absolute Gasteiger partial charge is 0.419 e. The Kier molecular flexibility index (Phi) is 4.86. The van der Waals surface area contributed by atoms with Crippen molar-refractivity contribution in [3.8, 4) is 11.5 Å². The fourth-order valence-electron chi connectivity index (χ4n) is 1.49. The average molecular weight is 311 g/mol. The van der Waals surface area contributed by atoms with Crippen molar-refractivity contribution in [2.45, 2.75) is 13.0 Å². The number of benzene rings is 1. The Labute approximate surface area is 114 Å². The maximum atomic E-state index is 5.58. The summed E-state index contributed by atoms with van der Waals surface area (Å²) in [4.78, 5) is 0. The molecule has 1 aromatic carbocycles. The van der Waals surface area contributed by atoms with Gasteiger partial charge in [-0.25, -0.2) is 0 Å². The summed E-state index contributed by atoms with van der Waals surface area (Å²) in [6, 6.07) is 7.75. The second kappa shape index (κ2) is 6.63. The minimum absolute atomic E-state index is 0.526. The molecule has 0 aliphatic rings. The Morgan fingerprint density at radius 3 is 2.89 bits per heavy atom. The highest BCUT2D eigenvalue weighted by atomic mass is 79.9. The molecule has 0 aliphatic heterocycles. The van der Waals surface area contributed by atoms with E-state index in [1.54, 1.807) is 0 Å². The minimum Gasteiger partial charge on any atom is -0.419 e. The van der Waals surface area contributed by atoms with Gasteiger partial charge in [-0.3, -0.25) is 0 Å². The molecule has 0 saturated carbocycles. The van der Waals surface area contributed by atoms with Crippen LogP contribution in [0.3, 0.4) is 0 Å². The van der Waals surface area contributed by atoms with Gasteiger partial charge in [-0.1, -0.05) is 12.1 Å². The SMILES string of the molecule is NCCCNCc1nnc(-c2ccccc2Br)o1. The van der Waals surface area contributed by atoms with Crippen molar-refractivity contribution in [2.75, 3.05) is 13.1 Å². The minimum atomic E-state index is 0.526. The predicted octanol–water partition coefficient (Wildman–Crippen LogP) is 1.94. The molecule has 0 bridgehead atoms. The lowest BCUT2D eigenvalue weighted by Gasteiger charge is -1.99. The Hall–Kier alpha value is -1.24. The number of halogens is 1. The summed E-state index contributed by atoms with van der Waals surface area (Å²) in [5.41, 5.74) is 6.31. The van der Waals surface area contributed by atoms with Crippen molar-refractivity contribution in [3.05, 3.63) is 34.6 Å². The Bertz CT molecular complexity index is 500. The topological polar surface area (TPSA) is 77.0 Å². The maximum Gasteiger partial charge on any atom is 0.248 e. The van der Waals surface area contributed by atoms with Crippen molar-refractivity contribution < 1.29 is 4.42 Å². The predicted molar refractivity (Wildman–Crippen MR) is 72.8 cm³/mol. The fraction of sp³-hybridized carbons (Fsp3) is 0.333. The van der Waals surface area contributed by atoms with E-state index >= 15 is 0 Å². The highest BCUT2D eigenvalue weighted by Crippen LogP contribution is 2.26. The van der Waals surface area contributed by atoms with Crippen molar-refractivity contribution >= 4 is 15.9 Å². The van der Waals surface area contributed by atoms with Crippen molar-refractivity contribution in [1.82, 2.24) is 15.5 Å². The van der Waals surface area contributed by atoms with E-state index in [2.05, 4.69) is 31.4 Å². The van der Waals surface area contributed by atoms with Crippen LogP contribution in [0.4, 0.5) is 0 Å². The molecule has 5 nitrogen and oxygen atoms in total. The van der Waals surface area contributed by atoms with Crippen LogP contribution in [-0.2, 0) is 6.54 Å². The molecule has 0 fully saturated rings. The second-order valence-electron chi connectivity index (χ2n) is 3.80. The molecular formula is C12H15BrN4O. The zero-order chi connectivity index (χ0) is 12.8. The van der Waals surface area contributed by atoms with E-state index in [0.29, 0.717) is 24.9 Å². The first-order valence-corrected chi connectivity index (χ1v) is 6.58. The van der Waals surface area contributed by atoms with Gasteiger partial charge in [-0.05, 0) is 47.6 Å². The highest BCUT2D eigenvalue weighted by Gasteiger charge is 2.10. The van der Waals surface area contributed by atoms with Gasteiger partial charge in [0.25, 0.3) is 0 Å². The number of rotatable bonds is 6. The van der Waals surface area contributed by atoms with Gasteiger partial charge in [0.2, 0.25) is 11.8 Å². The molecule has 3 N–H and O–H groups in total. The molecule has 0 amide bonds. The van der Waals surface area contributed by atoms with Crippen LogP contribution in [0.15, 0.2) is 33.2 Å². The van der Waals surface area contributed by atoms with Crippen molar-refractivity contribution in [2.24, 2.45) is 5.73 Å². The maximum absolute atomic E-state index is 5.58. The number of nitrogens with two attached hydrogens (primary N) is 1. The second-order valence-corrected chi connectivity index (χ2v) is 4.65. The standard InChI is InChI=1S/C12H15BrN4O/c13-10-5-2-1-4-9(10)12-17-16-11(18-12)8-15-7-3-6-14/h1-2,4-5,15H,3,6-8,14H2. The van der Waals surface area contributed by atoms with Crippen LogP contribution in [-0.4, -0.2) is 23.3 Å². The summed E-state index contributed by atoms with van der Waals surface area (Å²) in [7, 11) is 0. The fourth-order valence-corrected chi connectivity index (χ4v) is 1.95. The number of nitrogens with one attached hydrogen (secondary N) is 1. The van der Waals surface area contributed by atoms with Gasteiger partial charge in [-0.15, -0.1) is 10.2 Å². The summed E-state index contributed by atoms with van der Waals surface area (Å²) in [5.74, 6) is 1.11. The van der Waals surface area contributed by atoms with E-state index < -0.39 is 0 Å². The number of hydrogen-bond donors (Lipinski definition) is 2. The van der Waals surface area contributed by atoms with E-state index in [4.69, 9.17) is 10.2 Å². The molecule has 96 valence electrons. The molecule has 1 heterocycles. The molecular weight excluding hydrogens is 296 g/mol. The third kappa shape index (κ3) is 3.38. The third-order valence-electron chi connectivity index (χ3n) is 2.41. The number of nitrogens with zero attached hydrogens (tertiary/aromatic N) is 2. The van der Waals surface area contributed by atoms with E-state index in [9.17, 15) is 0 Å². The lowest BCUT2D eigenvalue weighted by atomic mass is 10.2. The average Bonchev–Trinajstić information content (AvgIpc) is 2.84. The lowest BCUT2D eigenvalue weighted by molar-refractivity contribution is 0.476. The molecule has 0 aliphatic carbocycles. The third-order valence-corrected chi connectivity index (χ3v) is 3.10. The van der Waals surface area contributed by atoms with E-state index in [-0.39, 0.29) is 0 Å². The zero-order valence-corrected chi connectivity index (χ0v) is 11.5. The highest BCUT2D eigenvalue weighted by molar-refractivity contribution is 9.10. The smallest absolute Gasteiger partial charge is 0.248 e. The van der Waals surface area contributed by atoms with Gasteiger partial charge in [0.05, 0.1) is 12.1 Å². The van der Waals surface area contributed by atoms with Gasteiger partial charge >= 0.3 is 0 Å². The van der Waals surface area contributed by atoms with Crippen LogP contribution >= 0.6 is 15.9 Å². The number of aromatic nitrogens is 2. The first-order chi connectivity index (χ1) is 8.81. The Morgan fingerprint density at radius 2 is 2.11 bits per heavy atom. The summed E-state index contributed by atoms with van der Waals surface area (Å²) in [5, 5.41) is 11.2. The van der Waals surface area contributed by atoms with Gasteiger partial charge in [0, 0.05) is 4.47 Å². The van der Waals surface area contributed by atoms with Crippen LogP contribution < -0.4 is 11.1 Å². The summed E-state index contributed by atoms with van der Waals surface area (Å²) in [6.07, 6.45) is 0.936. The molecule has 6 heteroatoms. The molecule has 0 saturated heterocycles. The van der Waals surface area contributed by atoms with Gasteiger partial charge < -0.3 is 15.5 Å². The molecule has 0 atom stereocenters. The van der Waals surface area contributed by atoms with E-state index in [1.807, 2.05) is 24.3 Å². The quantitative estimate of drug-likeness (QED) is 0.797. The Balaban J connectivity index is 2.00. The molecule has 2 rings (SSSR count). The van der Waals surface area contributed by atoms with Gasteiger partial charge in [0.15, 0.2) is 0 Å². The lowest BCUT2D eigenvalue weighted by Crippen LogP contribution is -2.17. The van der Waals surface area contributed by atoms with Crippen LogP contribution in [0, 0.1) is 0 Å². The molecule has 1 aromatic heterocycles. The number of hydrogen-bond acceptors (Lipinski definition) is 5. The van der Waals surface area contributed by atoms with E-state index in [0.717, 1.165) is 23.0 Å². The first kappa shape index (κ1) is 13.2. The van der Waals surface area contributed by atoms with Crippen LogP contribution in [0.25, 0.3) is 11.5 Å². The van der Waals surface area contributed by atoms with Crippen molar-refractivity contribution in [1.29, 1.82) is 0 Å². The van der Waals surface area contributed by atoms with Crippen LogP contribution in [0.5, 0.6) is 0 Å². The zero-order valence-electron chi connectivity index (χ0n) is 9.90. The summed E-state index contributed by atoms with van der Waals surface area (Å²) >= 11 is 3.46. The molecule has 2 aromatic rings. The molecule has 0 radical (unpaired) electrons. The Morgan fingerprint density at radius 1 is 1.28 bits per heavy atom. The van der Waals surface area contributed by atoms with Crippen molar-refractivity contribution in [3.63, 3.8) is 0 Å². The van der Waals surface area contributed by atoms with Gasteiger partial charge in [-0.2, -0.15) is 0 Å². The van der Waals surface area contributed by atoms with Crippen LogP contribution in [0.1, 0.15) is 12.3 Å². The normalized spacial score (nSPS) is 10.8. The van der Waals surface area contributed by atoms with Gasteiger partial charge in [0.1, 0.15) is 0 Å². The first-order valence-electron chi connectivity index (χ1n) is 5.79. The summed E-state index contributed by atoms with van der Waals surface area (Å²) in [6.45, 7) is 2.10. The molecule has 0 unspecified atom stereocenters.